The minimum Gasteiger partial charge on any atom is -0.457 e. The number of likely N-dealkylation sites (tertiary alicyclic amines) is 3. The molecule has 0 saturated carbocycles. The van der Waals surface area contributed by atoms with Gasteiger partial charge in [-0.15, -0.1) is 6.42 Å². The number of piperidine rings is 2. The highest BCUT2D eigenvalue weighted by molar-refractivity contribution is 7.92. The van der Waals surface area contributed by atoms with E-state index in [0.29, 0.717) is 133 Å². The lowest BCUT2D eigenvalue weighted by Gasteiger charge is -2.31. The molecule has 2 unspecified atom stereocenters. The first-order valence-electron chi connectivity index (χ1n) is 43.4. The summed E-state index contributed by atoms with van der Waals surface area (Å²) in [4.78, 5) is 76.0. The van der Waals surface area contributed by atoms with Gasteiger partial charge in [0, 0.05) is 80.0 Å². The van der Waals surface area contributed by atoms with Crippen molar-refractivity contribution in [1.82, 2.24) is 98.0 Å². The topological polar surface area (TPSA) is 414 Å². The average Bonchev–Trinajstić information content (AvgIpc) is 1.62. The number of ether oxygens (including phenoxy) is 4. The number of rotatable bonds is 20. The molecule has 20 rings (SSSR count). The number of para-hydroxylation sites is 4. The zero-order valence-corrected chi connectivity index (χ0v) is 73.6. The maximum absolute atomic E-state index is 12.5. The number of nitrogens with zero attached hydrogens (tertiary/aromatic N) is 20. The van der Waals surface area contributed by atoms with Gasteiger partial charge in [-0.05, 0) is 216 Å². The van der Waals surface area contributed by atoms with E-state index < -0.39 is 10.0 Å². The van der Waals surface area contributed by atoms with Gasteiger partial charge in [0.2, 0.25) is 21.8 Å². The average molecular weight is 1800 g/mol. The highest BCUT2D eigenvalue weighted by atomic mass is 32.2. The van der Waals surface area contributed by atoms with Gasteiger partial charge in [0.1, 0.15) is 117 Å². The summed E-state index contributed by atoms with van der Waals surface area (Å²) in [7, 11) is -3.45. The molecule has 8 N–H and O–H groups in total. The van der Waals surface area contributed by atoms with E-state index in [2.05, 4.69) is 52.4 Å². The van der Waals surface area contributed by atoms with Gasteiger partial charge < -0.3 is 56.6 Å². The summed E-state index contributed by atoms with van der Waals surface area (Å²) in [6, 6.07) is 69.2. The Bertz CT molecular complexity index is 7090. The maximum atomic E-state index is 12.5. The van der Waals surface area contributed by atoms with Crippen molar-refractivity contribution in [2.75, 3.05) is 75.3 Å². The van der Waals surface area contributed by atoms with E-state index >= 15 is 0 Å². The van der Waals surface area contributed by atoms with Crippen LogP contribution in [0.5, 0.6) is 46.0 Å². The number of fused-ring (bicyclic) bond motifs is 4. The number of amides is 3. The van der Waals surface area contributed by atoms with Gasteiger partial charge in [-0.2, -0.15) is 24.7 Å². The zero-order valence-electron chi connectivity index (χ0n) is 72.8. The van der Waals surface area contributed by atoms with Crippen LogP contribution in [-0.2, 0) is 24.4 Å². The fourth-order valence-corrected chi connectivity index (χ4v) is 17.9. The van der Waals surface area contributed by atoms with Gasteiger partial charge in [-0.3, -0.25) is 14.4 Å². The van der Waals surface area contributed by atoms with Gasteiger partial charge in [0.05, 0.1) is 45.7 Å². The Morgan fingerprint density at radius 2 is 0.654 bits per heavy atom. The molecule has 2 atom stereocenters. The lowest BCUT2D eigenvalue weighted by Crippen LogP contribution is -2.38. The Balaban J connectivity index is 0.000000124. The number of hydrogen-bond acceptors (Lipinski definition) is 25. The quantitative estimate of drug-likeness (QED) is 0.0407. The third kappa shape index (κ3) is 19.7. The molecule has 8 aromatic heterocycles. The van der Waals surface area contributed by atoms with E-state index in [1.54, 1.807) is 28.7 Å². The molecule has 33 nitrogen and oxygen atoms in total. The summed E-state index contributed by atoms with van der Waals surface area (Å²) >= 11 is 0. The number of anilines is 4. The lowest BCUT2D eigenvalue weighted by atomic mass is 10.1. The first-order chi connectivity index (χ1) is 64.9. The summed E-state index contributed by atoms with van der Waals surface area (Å²) in [5.41, 5.74) is 34.0. The van der Waals surface area contributed by atoms with Crippen LogP contribution in [0.1, 0.15) is 76.5 Å². The van der Waals surface area contributed by atoms with Crippen molar-refractivity contribution in [2.45, 2.75) is 76.5 Å². The monoisotopic (exact) mass is 1790 g/mol. The third-order valence-electron chi connectivity index (χ3n) is 23.3. The van der Waals surface area contributed by atoms with Gasteiger partial charge in [0.25, 0.3) is 5.91 Å². The predicted molar refractivity (Wildman–Crippen MR) is 509 cm³/mol. The molecule has 4 aliphatic rings. The van der Waals surface area contributed by atoms with Gasteiger partial charge in [0.15, 0.2) is 22.6 Å². The normalized spacial score (nSPS) is 15.4. The molecule has 8 aromatic carbocycles. The number of sulfonamides is 1. The van der Waals surface area contributed by atoms with E-state index in [9.17, 15) is 22.8 Å². The number of carbonyl (C=O) groups is 3. The second-order valence-electron chi connectivity index (χ2n) is 31.7. The molecule has 0 aliphatic carbocycles. The molecule has 133 heavy (non-hydrogen) atoms. The molecule has 0 spiro atoms. The number of nitrogens with two attached hydrogens (primary N) is 4. The summed E-state index contributed by atoms with van der Waals surface area (Å²) < 4.78 is 57.5. The van der Waals surface area contributed by atoms with Gasteiger partial charge in [-0.1, -0.05) is 91.5 Å². The van der Waals surface area contributed by atoms with Crippen LogP contribution in [0.4, 0.5) is 23.3 Å². The predicted octanol–water partition coefficient (Wildman–Crippen LogP) is 16.1. The number of allylic oxidation sites excluding steroid dienone is 2. The number of terminal acetylenes is 1. The first-order valence-corrected chi connectivity index (χ1v) is 44.9. The summed E-state index contributed by atoms with van der Waals surface area (Å²) in [6.07, 6.45) is 21.7. The van der Waals surface area contributed by atoms with Crippen molar-refractivity contribution in [3.05, 3.63) is 280 Å². The highest BCUT2D eigenvalue weighted by Crippen LogP contribution is 2.42. The molecule has 4 fully saturated rings. The van der Waals surface area contributed by atoms with Crippen molar-refractivity contribution >= 4 is 95.1 Å². The molecule has 16 aromatic rings. The minimum absolute atomic E-state index is 0.0137. The molecule has 34 heteroatoms. The summed E-state index contributed by atoms with van der Waals surface area (Å²) in [5.74, 6) is 9.33. The Morgan fingerprint density at radius 1 is 0.368 bits per heavy atom. The smallest absolute Gasteiger partial charge is 0.298 e. The van der Waals surface area contributed by atoms with E-state index in [-0.39, 0.29) is 41.9 Å². The molecule has 670 valence electrons. The zero-order chi connectivity index (χ0) is 92.1. The SMILES string of the molecule is C#CC(=O)N1CCC(n2nc(-c3ccc(Oc4ccccc4)cc3)c3c(N)ncnc32)CC1.C/C=C/C(=O)N1CCC(n2nc(-c3ccc(Oc4ccccc4)cc3)c3c(N)ncnc32)C1.C/C=C/S(=O)(=O)N1CCC(n2nc(-c3ccc(Oc4ccccc4)cc3)c3c(N)ncnc32)C1.C=CC(=O)N1CCC(n2nc(-c3ccc(Oc4ccccc4)cc3)c3c(N)ncnc32)CC1. The lowest BCUT2D eigenvalue weighted by molar-refractivity contribution is -0.127. The van der Waals surface area contributed by atoms with Crippen LogP contribution in [0.25, 0.3) is 89.2 Å². The number of nitrogen functional groups attached to an aromatic ring is 4. The van der Waals surface area contributed by atoms with Crippen molar-refractivity contribution < 1.29 is 41.7 Å². The van der Waals surface area contributed by atoms with Crippen LogP contribution >= 0.6 is 0 Å². The number of carbonyl (C=O) groups excluding carboxylic acids is 3. The molecule has 0 bridgehead atoms. The molecule has 4 saturated heterocycles. The Hall–Kier alpha value is -16.5. The standard InChI is InChI=1S/C25H24N6O2.C25H22N6O2.C25H24N6O2.C24H24N6O3S/c2*1-2-21(32)30-14-12-18(13-15-30)31-25-22(24(26)27-16-28-25)23(29-31)17-8-10-20(11-9-17)33-19-6-4-3-5-7-19;1-2-6-21(32)30-14-13-18(15-30)31-25-22(24(26)27-16-28-25)23(29-31)17-9-11-20(12-10-17)33-19-7-4-3-5-8-19;1-2-14-34(31,32)29-13-12-18(15-29)30-24-21(23(25)26-16-27-24)22(28-30)17-8-10-20(11-9-17)33-19-6-4-3-5-7-19/h2-11,16,18H,1,12-15H2,(H2,26,27,28);1,3-11,16,18H,12-15H2,(H2,26,27,28);2-12,16,18H,13-15H2,1H3,(H2,26,27,28);2-11,14,16,18H,12-13,15H2,1H3,(H2,25,26,27)/b;;6-2+;14-2+. The van der Waals surface area contributed by atoms with Crippen LogP contribution in [0, 0.1) is 12.3 Å². The third-order valence-corrected chi connectivity index (χ3v) is 25.0. The van der Waals surface area contributed by atoms with E-state index in [1.807, 2.05) is 249 Å². The molecular weight excluding hydrogens is 1700 g/mol. The van der Waals surface area contributed by atoms with Gasteiger partial charge in [-0.25, -0.2) is 67.0 Å². The second-order valence-corrected chi connectivity index (χ2v) is 33.5. The number of hydrogen-bond donors (Lipinski definition) is 4. The van der Waals surface area contributed by atoms with Crippen molar-refractivity contribution in [3.8, 4) is 103 Å². The Labute approximate surface area is 765 Å². The van der Waals surface area contributed by atoms with Crippen LogP contribution < -0.4 is 41.9 Å². The maximum Gasteiger partial charge on any atom is 0.298 e. The summed E-state index contributed by atoms with van der Waals surface area (Å²) in [5, 5.41) is 23.6. The van der Waals surface area contributed by atoms with Crippen LogP contribution in [0.15, 0.2) is 280 Å². The van der Waals surface area contributed by atoms with E-state index in [0.717, 1.165) is 117 Å². The molecule has 12 heterocycles. The van der Waals surface area contributed by atoms with E-state index in [4.69, 9.17) is 68.7 Å². The fraction of sp³-hybridized carbons (Fsp3) is 0.202. The van der Waals surface area contributed by atoms with E-state index in [1.165, 1.54) is 47.2 Å². The van der Waals surface area contributed by atoms with Crippen LogP contribution in [-0.4, -0.2) is 176 Å². The number of aromatic nitrogens is 16. The van der Waals surface area contributed by atoms with Gasteiger partial charge >= 0.3 is 0 Å². The Morgan fingerprint density at radius 3 is 0.962 bits per heavy atom. The largest absolute Gasteiger partial charge is 0.457 e. The molecular formula is C99H94N24O9S. The second kappa shape index (κ2) is 40.0. The van der Waals surface area contributed by atoms with Crippen LogP contribution in [0.3, 0.4) is 0 Å². The highest BCUT2D eigenvalue weighted by Gasteiger charge is 2.36. The fourth-order valence-electron chi connectivity index (χ4n) is 16.7. The molecule has 0 radical (unpaired) electrons. The van der Waals surface area contributed by atoms with Crippen LogP contribution in [0.2, 0.25) is 0 Å². The van der Waals surface area contributed by atoms with Crippen molar-refractivity contribution in [3.63, 3.8) is 0 Å². The molecule has 3 amide bonds. The molecule has 4 aliphatic heterocycles. The van der Waals surface area contributed by atoms with Crippen molar-refractivity contribution in [1.29, 1.82) is 0 Å². The minimum atomic E-state index is -3.45. The number of benzene rings is 8. The summed E-state index contributed by atoms with van der Waals surface area (Å²) in [6.45, 7) is 11.6. The Kier molecular flexibility index (Phi) is 26.6. The first kappa shape index (κ1) is 88.5. The van der Waals surface area contributed by atoms with Crippen molar-refractivity contribution in [2.24, 2.45) is 0 Å².